The standard InChI is InChI=1S/C29H30ClNO/c1-5-22(27(6-2)20(3)4)13-17-29(32)24-9-7-8-21(18-24)10-15-26-16-12-23-11-14-25(30)19-28(23)31-26/h5-12,14-16,18-20,29,32H,1-2,13,17H2,3-4H3/b15-10+,27-22-. The second kappa shape index (κ2) is 11.1. The molecule has 0 amide bonds. The summed E-state index contributed by atoms with van der Waals surface area (Å²) in [6, 6.07) is 17.7. The molecule has 3 heteroatoms. The summed E-state index contributed by atoms with van der Waals surface area (Å²) in [4.78, 5) is 4.66. The Morgan fingerprint density at radius 1 is 1.03 bits per heavy atom. The summed E-state index contributed by atoms with van der Waals surface area (Å²) in [6.07, 6.45) is 8.61. The fourth-order valence-corrected chi connectivity index (χ4v) is 3.98. The molecule has 164 valence electrons. The predicted octanol–water partition coefficient (Wildman–Crippen LogP) is 8.20. The van der Waals surface area contributed by atoms with Crippen molar-refractivity contribution in [2.24, 2.45) is 5.92 Å². The van der Waals surface area contributed by atoms with Crippen molar-refractivity contribution < 1.29 is 5.11 Å². The van der Waals surface area contributed by atoms with E-state index in [9.17, 15) is 5.11 Å². The fourth-order valence-electron chi connectivity index (χ4n) is 3.81. The first-order chi connectivity index (χ1) is 15.4. The normalized spacial score (nSPS) is 13.4. The number of allylic oxidation sites excluding steroid dienone is 4. The van der Waals surface area contributed by atoms with E-state index in [-0.39, 0.29) is 0 Å². The maximum Gasteiger partial charge on any atom is 0.0793 e. The van der Waals surface area contributed by atoms with Gasteiger partial charge in [0.2, 0.25) is 0 Å². The number of halogens is 1. The predicted molar refractivity (Wildman–Crippen MR) is 139 cm³/mol. The number of fused-ring (bicyclic) bond motifs is 1. The van der Waals surface area contributed by atoms with Gasteiger partial charge in [-0.25, -0.2) is 4.98 Å². The number of aliphatic hydroxyl groups excluding tert-OH is 1. The van der Waals surface area contributed by atoms with Gasteiger partial charge in [0.15, 0.2) is 0 Å². The molecule has 1 N–H and O–H groups in total. The van der Waals surface area contributed by atoms with E-state index in [4.69, 9.17) is 11.6 Å². The smallest absolute Gasteiger partial charge is 0.0793 e. The summed E-state index contributed by atoms with van der Waals surface area (Å²) < 4.78 is 0. The third-order valence-electron chi connectivity index (χ3n) is 5.56. The van der Waals surface area contributed by atoms with Crippen molar-refractivity contribution in [2.45, 2.75) is 32.8 Å². The van der Waals surface area contributed by atoms with Crippen LogP contribution in [0.25, 0.3) is 23.1 Å². The summed E-state index contributed by atoms with van der Waals surface area (Å²) in [5, 5.41) is 12.5. The van der Waals surface area contributed by atoms with Crippen LogP contribution in [-0.4, -0.2) is 10.1 Å². The zero-order valence-electron chi connectivity index (χ0n) is 18.8. The van der Waals surface area contributed by atoms with Crippen molar-refractivity contribution in [3.63, 3.8) is 0 Å². The molecule has 1 heterocycles. The maximum absolute atomic E-state index is 10.8. The summed E-state index contributed by atoms with van der Waals surface area (Å²) in [5.41, 5.74) is 5.98. The molecule has 1 atom stereocenters. The summed E-state index contributed by atoms with van der Waals surface area (Å²) >= 11 is 6.09. The minimum atomic E-state index is -0.544. The van der Waals surface area contributed by atoms with Crippen LogP contribution in [0.5, 0.6) is 0 Å². The van der Waals surface area contributed by atoms with Gasteiger partial charge in [0.25, 0.3) is 0 Å². The Morgan fingerprint density at radius 2 is 1.81 bits per heavy atom. The van der Waals surface area contributed by atoms with Crippen molar-refractivity contribution in [3.8, 4) is 0 Å². The molecule has 0 fully saturated rings. The summed E-state index contributed by atoms with van der Waals surface area (Å²) in [5.74, 6) is 0.380. The molecule has 0 aliphatic heterocycles. The van der Waals surface area contributed by atoms with E-state index in [2.05, 4.69) is 32.0 Å². The van der Waals surface area contributed by atoms with Crippen molar-refractivity contribution in [1.29, 1.82) is 0 Å². The molecule has 1 aromatic heterocycles. The summed E-state index contributed by atoms with van der Waals surface area (Å²) in [6.45, 7) is 12.2. The number of benzene rings is 2. The van der Waals surface area contributed by atoms with Crippen LogP contribution in [0.15, 0.2) is 91.1 Å². The van der Waals surface area contributed by atoms with Crippen LogP contribution in [0, 0.1) is 5.92 Å². The molecular weight excluding hydrogens is 414 g/mol. The number of hydrogen-bond acceptors (Lipinski definition) is 2. The monoisotopic (exact) mass is 443 g/mol. The second-order valence-electron chi connectivity index (χ2n) is 8.17. The Kier molecular flexibility index (Phi) is 8.21. The highest BCUT2D eigenvalue weighted by Gasteiger charge is 2.11. The third-order valence-corrected chi connectivity index (χ3v) is 5.80. The zero-order valence-corrected chi connectivity index (χ0v) is 19.5. The van der Waals surface area contributed by atoms with Crippen LogP contribution < -0.4 is 0 Å². The highest BCUT2D eigenvalue weighted by Crippen LogP contribution is 2.26. The Morgan fingerprint density at radius 3 is 2.53 bits per heavy atom. The average Bonchev–Trinajstić information content (AvgIpc) is 2.79. The van der Waals surface area contributed by atoms with Crippen LogP contribution in [0.4, 0.5) is 0 Å². The Bertz CT molecular complexity index is 1170. The van der Waals surface area contributed by atoms with Gasteiger partial charge < -0.3 is 5.11 Å². The van der Waals surface area contributed by atoms with Crippen LogP contribution in [0.1, 0.15) is 49.6 Å². The second-order valence-corrected chi connectivity index (χ2v) is 8.61. The van der Waals surface area contributed by atoms with Crippen LogP contribution >= 0.6 is 11.6 Å². The minimum Gasteiger partial charge on any atom is -0.388 e. The largest absolute Gasteiger partial charge is 0.388 e. The Hall–Kier alpha value is -2.94. The van der Waals surface area contributed by atoms with Gasteiger partial charge >= 0.3 is 0 Å². The van der Waals surface area contributed by atoms with Crippen LogP contribution in [-0.2, 0) is 0 Å². The SMILES string of the molecule is C=C/C(CCC(O)c1cccc(/C=C/c2ccc3ccc(Cl)cc3n2)c1)=C(\C=C)C(C)C. The molecule has 0 saturated carbocycles. The number of aromatic nitrogens is 1. The average molecular weight is 444 g/mol. The van der Waals surface area contributed by atoms with E-state index in [1.165, 1.54) is 5.57 Å². The molecule has 2 aromatic carbocycles. The Balaban J connectivity index is 1.73. The molecule has 1 unspecified atom stereocenters. The maximum atomic E-state index is 10.8. The third kappa shape index (κ3) is 6.06. The summed E-state index contributed by atoms with van der Waals surface area (Å²) in [7, 11) is 0. The highest BCUT2D eigenvalue weighted by atomic mass is 35.5. The molecule has 0 aliphatic rings. The first-order valence-electron chi connectivity index (χ1n) is 10.9. The van der Waals surface area contributed by atoms with Gasteiger partial charge in [-0.1, -0.05) is 87.2 Å². The van der Waals surface area contributed by atoms with Crippen LogP contribution in [0.2, 0.25) is 5.02 Å². The minimum absolute atomic E-state index is 0.380. The molecule has 32 heavy (non-hydrogen) atoms. The molecular formula is C29H30ClNO. The number of pyridine rings is 1. The fraction of sp³-hybridized carbons (Fsp3) is 0.207. The molecule has 2 nitrogen and oxygen atoms in total. The number of aliphatic hydroxyl groups is 1. The van der Waals surface area contributed by atoms with E-state index in [1.54, 1.807) is 0 Å². The quantitative estimate of drug-likeness (QED) is 0.338. The highest BCUT2D eigenvalue weighted by molar-refractivity contribution is 6.31. The number of nitrogens with zero attached hydrogens (tertiary/aromatic N) is 1. The van der Waals surface area contributed by atoms with Gasteiger partial charge in [0, 0.05) is 10.4 Å². The van der Waals surface area contributed by atoms with E-state index >= 15 is 0 Å². The van der Waals surface area contributed by atoms with Gasteiger partial charge in [-0.2, -0.15) is 0 Å². The molecule has 3 aromatic rings. The topological polar surface area (TPSA) is 33.1 Å². The lowest BCUT2D eigenvalue weighted by molar-refractivity contribution is 0.168. The first-order valence-corrected chi connectivity index (χ1v) is 11.3. The molecule has 0 bridgehead atoms. The lowest BCUT2D eigenvalue weighted by atomic mass is 9.92. The Labute approximate surface area is 196 Å². The molecule has 0 aliphatic carbocycles. The lowest BCUT2D eigenvalue weighted by Crippen LogP contribution is -2.01. The van der Waals surface area contributed by atoms with Crippen LogP contribution in [0.3, 0.4) is 0 Å². The van der Waals surface area contributed by atoms with E-state index in [0.717, 1.165) is 39.7 Å². The van der Waals surface area contributed by atoms with E-state index in [0.29, 0.717) is 17.4 Å². The van der Waals surface area contributed by atoms with Gasteiger partial charge in [0.1, 0.15) is 0 Å². The van der Waals surface area contributed by atoms with Crippen molar-refractivity contribution in [3.05, 3.63) is 113 Å². The molecule has 0 saturated heterocycles. The first kappa shape index (κ1) is 23.7. The zero-order chi connectivity index (χ0) is 23.1. The van der Waals surface area contributed by atoms with Crippen molar-refractivity contribution in [1.82, 2.24) is 4.98 Å². The number of rotatable bonds is 9. The number of hydrogen-bond donors (Lipinski definition) is 1. The van der Waals surface area contributed by atoms with Crippen molar-refractivity contribution in [2.75, 3.05) is 0 Å². The van der Waals surface area contributed by atoms with Gasteiger partial charge in [0.05, 0.1) is 17.3 Å². The molecule has 0 spiro atoms. The van der Waals surface area contributed by atoms with Gasteiger partial charge in [-0.05, 0) is 71.4 Å². The van der Waals surface area contributed by atoms with Gasteiger partial charge in [-0.15, -0.1) is 0 Å². The molecule has 0 radical (unpaired) electrons. The molecule has 3 rings (SSSR count). The van der Waals surface area contributed by atoms with E-state index in [1.807, 2.05) is 78.9 Å². The lowest BCUT2D eigenvalue weighted by Gasteiger charge is -2.16. The van der Waals surface area contributed by atoms with Gasteiger partial charge in [-0.3, -0.25) is 0 Å². The van der Waals surface area contributed by atoms with Crippen molar-refractivity contribution >= 4 is 34.7 Å². The van der Waals surface area contributed by atoms with E-state index < -0.39 is 6.10 Å².